The van der Waals surface area contributed by atoms with Crippen LogP contribution in [0.2, 0.25) is 106 Å². The number of hydrogen-bond acceptors (Lipinski definition) is 13. The van der Waals surface area contributed by atoms with Crippen molar-refractivity contribution in [2.75, 3.05) is 0 Å². The van der Waals surface area contributed by atoms with E-state index in [-0.39, 0.29) is 18.3 Å². The van der Waals surface area contributed by atoms with Crippen molar-refractivity contribution in [2.24, 2.45) is 0 Å². The van der Waals surface area contributed by atoms with Gasteiger partial charge >= 0.3 is 27.9 Å². The zero-order chi connectivity index (χ0) is 49.1. The maximum absolute atomic E-state index is 6.78. The molecule has 0 aromatic carbocycles. The van der Waals surface area contributed by atoms with Crippen LogP contribution in [-0.2, 0) is 54.4 Å². The van der Waals surface area contributed by atoms with Gasteiger partial charge in [0, 0.05) is 18.3 Å². The van der Waals surface area contributed by atoms with E-state index in [0.29, 0.717) is 0 Å². The first-order valence-corrected chi connectivity index (χ1v) is 53.5. The van der Waals surface area contributed by atoms with Gasteiger partial charge in [0.25, 0.3) is 47.9 Å². The zero-order valence-corrected chi connectivity index (χ0v) is 63.9. The van der Waals surface area contributed by atoms with Crippen molar-refractivity contribution in [2.45, 2.75) is 228 Å². The minimum atomic E-state index is -1.88. The van der Waals surface area contributed by atoms with Crippen molar-refractivity contribution in [3.63, 3.8) is 0 Å². The van der Waals surface area contributed by atoms with Crippen molar-refractivity contribution >= 4 is 141 Å². The molecule has 0 aromatic rings. The highest BCUT2D eigenvalue weighted by Gasteiger charge is 2.38. The molecule has 3 aliphatic rings. The van der Waals surface area contributed by atoms with E-state index in [1.165, 1.54) is 0 Å². The summed E-state index contributed by atoms with van der Waals surface area (Å²) >= 11 is 0. The molecule has 386 valence electrons. The summed E-state index contributed by atoms with van der Waals surface area (Å²) in [6.07, 6.45) is 0.770. The zero-order valence-electron chi connectivity index (χ0n) is 45.2. The Balaban J connectivity index is -0.00000133. The lowest BCUT2D eigenvalue weighted by Crippen LogP contribution is -2.49. The molecule has 12 unspecified atom stereocenters. The third-order valence-corrected chi connectivity index (χ3v) is 51.3. The summed E-state index contributed by atoms with van der Waals surface area (Å²) in [4.78, 5) is 0. The molecule has 0 saturated carbocycles. The highest BCUT2D eigenvalue weighted by molar-refractivity contribution is 6.80. The van der Waals surface area contributed by atoms with E-state index in [2.05, 4.69) is 60.1 Å². The fourth-order valence-electron chi connectivity index (χ4n) is 7.05. The summed E-state index contributed by atoms with van der Waals surface area (Å²) in [6, 6.07) is 12.0. The Labute approximate surface area is 420 Å². The molecule has 0 radical (unpaired) electrons. The second kappa shape index (κ2) is 51.1. The smallest absolute Gasteiger partial charge is 0.312 e. The average Bonchev–Trinajstić information content (AvgIpc) is 3.24. The molecule has 3 saturated heterocycles. The van der Waals surface area contributed by atoms with Gasteiger partial charge in [-0.3, -0.25) is 0 Å². The molecule has 0 aromatic heterocycles. The molecule has 0 bridgehead atoms. The summed E-state index contributed by atoms with van der Waals surface area (Å²) in [6.45, 7) is 44.0. The van der Waals surface area contributed by atoms with Crippen molar-refractivity contribution in [3.05, 3.63) is 0 Å². The van der Waals surface area contributed by atoms with E-state index in [9.17, 15) is 0 Å². The van der Waals surface area contributed by atoms with Crippen LogP contribution in [0.5, 0.6) is 0 Å². The Kier molecular flexibility index (Phi) is 58.6. The maximum Gasteiger partial charge on any atom is 0.312 e. The van der Waals surface area contributed by atoms with Gasteiger partial charge in [-0.15, -0.1) is 0 Å². The SMILES string of the molecule is CC.CC.CC.CC.CC.CC.CC1C[SiH](C)O[SiH](C)O[SiH](CC[SiH2]O[SiH2]O[SiH2]CC[SiH]2OC(C)C[Si](C)(CC[SiH2]O[SiH2]O[SiH2]CC[SiH]3OC(C)C[SiH](C)O[SiH](C)O3)O[SiH](C)O2)O1. The molecule has 3 heterocycles. The first kappa shape index (κ1) is 72.3. The first-order chi connectivity index (χ1) is 30.4. The van der Waals surface area contributed by atoms with Crippen LogP contribution in [0.3, 0.4) is 0 Å². The molecule has 0 aliphatic carbocycles. The minimum Gasteiger partial charge on any atom is -0.446 e. The molecule has 3 rings (SSSR count). The van der Waals surface area contributed by atoms with Crippen LogP contribution in [0.1, 0.15) is 104 Å². The van der Waals surface area contributed by atoms with Gasteiger partial charge < -0.3 is 54.4 Å². The predicted molar refractivity (Wildman–Crippen MR) is 313 cm³/mol. The highest BCUT2D eigenvalue weighted by Crippen LogP contribution is 2.27. The van der Waals surface area contributed by atoms with Gasteiger partial charge in [0.15, 0.2) is 26.4 Å². The Bertz CT molecular complexity index is 889. The van der Waals surface area contributed by atoms with Gasteiger partial charge in [-0.1, -0.05) is 83.1 Å². The van der Waals surface area contributed by atoms with E-state index in [1.807, 2.05) is 83.1 Å². The summed E-state index contributed by atoms with van der Waals surface area (Å²) in [5.74, 6) is 0. The fourth-order valence-corrected chi connectivity index (χ4v) is 51.5. The van der Waals surface area contributed by atoms with Crippen LogP contribution in [0, 0.1) is 0 Å². The summed E-state index contributed by atoms with van der Waals surface area (Å²) in [5.41, 5.74) is 0. The summed E-state index contributed by atoms with van der Waals surface area (Å²) in [7, 11) is -17.8. The molecule has 3 fully saturated rings. The van der Waals surface area contributed by atoms with Crippen molar-refractivity contribution in [1.82, 2.24) is 0 Å². The summed E-state index contributed by atoms with van der Waals surface area (Å²) < 4.78 is 81.6. The van der Waals surface area contributed by atoms with Crippen LogP contribution < -0.4 is 0 Å². The molecule has 0 amide bonds. The van der Waals surface area contributed by atoms with Crippen LogP contribution in [-0.4, -0.2) is 159 Å². The van der Waals surface area contributed by atoms with Crippen molar-refractivity contribution in [1.29, 1.82) is 0 Å². The highest BCUT2D eigenvalue weighted by atomic mass is 28.4. The number of hydrogen-bond donors (Lipinski definition) is 0. The molecular formula is C35H108O13Si15. The molecule has 12 atom stereocenters. The van der Waals surface area contributed by atoms with E-state index < -0.39 is 141 Å². The molecule has 63 heavy (non-hydrogen) atoms. The Morgan fingerprint density at radius 3 is 1.14 bits per heavy atom. The van der Waals surface area contributed by atoms with Crippen LogP contribution >= 0.6 is 0 Å². The van der Waals surface area contributed by atoms with Gasteiger partial charge in [0.1, 0.15) is 39.1 Å². The summed E-state index contributed by atoms with van der Waals surface area (Å²) in [5, 5.41) is 0. The van der Waals surface area contributed by atoms with Crippen LogP contribution in [0.25, 0.3) is 0 Å². The lowest BCUT2D eigenvalue weighted by atomic mass is 10.5. The van der Waals surface area contributed by atoms with E-state index in [4.69, 9.17) is 54.4 Å². The second-order valence-electron chi connectivity index (χ2n) is 14.8. The lowest BCUT2D eigenvalue weighted by molar-refractivity contribution is 0.181. The monoisotopic (exact) mass is 1160 g/mol. The molecule has 13 nitrogen and oxygen atoms in total. The minimum absolute atomic E-state index is 0.206. The maximum atomic E-state index is 6.78. The Morgan fingerprint density at radius 1 is 0.460 bits per heavy atom. The molecule has 28 heteroatoms. The third-order valence-electron chi connectivity index (χ3n) is 9.04. The first-order valence-electron chi connectivity index (χ1n) is 25.6. The van der Waals surface area contributed by atoms with Gasteiger partial charge in [-0.2, -0.15) is 0 Å². The van der Waals surface area contributed by atoms with Crippen molar-refractivity contribution < 1.29 is 54.4 Å². The van der Waals surface area contributed by atoms with E-state index in [0.717, 1.165) is 66.5 Å². The van der Waals surface area contributed by atoms with Gasteiger partial charge in [-0.25, -0.2) is 0 Å². The third kappa shape index (κ3) is 42.2. The number of rotatable bonds is 20. The van der Waals surface area contributed by atoms with E-state index in [1.54, 1.807) is 0 Å². The Morgan fingerprint density at radius 2 is 0.778 bits per heavy atom. The van der Waals surface area contributed by atoms with Crippen LogP contribution in [0.4, 0.5) is 0 Å². The van der Waals surface area contributed by atoms with Crippen molar-refractivity contribution in [3.8, 4) is 0 Å². The predicted octanol–water partition coefficient (Wildman–Crippen LogP) is 4.07. The second-order valence-corrected chi connectivity index (χ2v) is 49.2. The van der Waals surface area contributed by atoms with Crippen LogP contribution in [0.15, 0.2) is 0 Å². The van der Waals surface area contributed by atoms with Gasteiger partial charge in [0.05, 0.1) is 0 Å². The normalized spacial score (nSPS) is 32.0. The fraction of sp³-hybridized carbons (Fsp3) is 1.00. The molecular weight excluding hydrogens is 1050 g/mol. The largest absolute Gasteiger partial charge is 0.446 e. The Hall–Kier alpha value is 2.73. The topological polar surface area (TPSA) is 120 Å². The lowest BCUT2D eigenvalue weighted by Gasteiger charge is -2.38. The average molecular weight is 1160 g/mol. The van der Waals surface area contributed by atoms with Gasteiger partial charge in [-0.05, 0) is 127 Å². The quantitative estimate of drug-likeness (QED) is 0.129. The molecule has 0 N–H and O–H groups in total. The van der Waals surface area contributed by atoms with E-state index >= 15 is 0 Å². The van der Waals surface area contributed by atoms with Gasteiger partial charge in [0.2, 0.25) is 0 Å². The molecule has 0 spiro atoms. The standard InChI is InChI=1S/C23H72O13Si15.6C2H6/c1-21-18-43(4)31-45(6)33-48(24-21)14-10-37-27-41-28-39-12-16-50-26-23(3)20-51(9,36-47(8)35-50)17-13-40-30-42-29-38-11-15-49-25-22(2)19-44(5)32-46(7)34-49;6*1-2/h21-23,43-50H,10-20,37-42H2,1-9H3;6*1-2H3. The molecule has 3 aliphatic heterocycles.